The normalized spacial score (nSPS) is 16.9. The summed E-state index contributed by atoms with van der Waals surface area (Å²) in [6.07, 6.45) is 5.30. The van der Waals surface area contributed by atoms with Gasteiger partial charge in [-0.05, 0) is 59.1 Å². The second-order valence-corrected chi connectivity index (χ2v) is 46.1. The zero-order valence-corrected chi connectivity index (χ0v) is 35.2. The highest BCUT2D eigenvalue weighted by atomic mass is 35.9. The third-order valence-corrected chi connectivity index (χ3v) is 24.0. The number of hydrogen-bond donors (Lipinski definition) is 0. The van der Waals surface area contributed by atoms with Crippen molar-refractivity contribution in [2.75, 3.05) is 0 Å². The van der Waals surface area contributed by atoms with E-state index < -0.39 is 46.2 Å². The molecule has 222 valence electrons. The first-order chi connectivity index (χ1) is 17.0. The van der Waals surface area contributed by atoms with E-state index in [0.29, 0.717) is 0 Å². The summed E-state index contributed by atoms with van der Waals surface area (Å²) >= 11 is 80.7. The van der Waals surface area contributed by atoms with Gasteiger partial charge in [-0.3, -0.25) is 0 Å². The Labute approximate surface area is 289 Å². The van der Waals surface area contributed by atoms with Gasteiger partial charge in [0.25, 0.3) is 0 Å². The Kier molecular flexibility index (Phi) is 16.4. The predicted molar refractivity (Wildman–Crippen MR) is 191 cm³/mol. The van der Waals surface area contributed by atoms with E-state index in [2.05, 4.69) is 13.8 Å². The van der Waals surface area contributed by atoms with E-state index in [1.807, 2.05) is 27.7 Å². The third kappa shape index (κ3) is 10.3. The molecule has 1 rings (SSSR count). The molecule has 0 N–H and O–H groups in total. The van der Waals surface area contributed by atoms with Crippen molar-refractivity contribution in [1.29, 1.82) is 0 Å². The van der Waals surface area contributed by atoms with Gasteiger partial charge < -0.3 is 0 Å². The lowest BCUT2D eigenvalue weighted by Gasteiger charge is -2.39. The Bertz CT molecular complexity index is 860. The Hall–Kier alpha value is 3.57. The van der Waals surface area contributed by atoms with E-state index in [9.17, 15) is 0 Å². The van der Waals surface area contributed by atoms with E-state index >= 15 is 0 Å². The first kappa shape index (κ1) is 39.6. The van der Waals surface area contributed by atoms with E-state index in [4.69, 9.17) is 133 Å². The number of benzene rings is 1. The van der Waals surface area contributed by atoms with Crippen LogP contribution >= 0.6 is 133 Å². The van der Waals surface area contributed by atoms with E-state index in [1.54, 1.807) is 0 Å². The third-order valence-electron chi connectivity index (χ3n) is 7.14. The summed E-state index contributed by atoms with van der Waals surface area (Å²) in [4.78, 5) is 0. The van der Waals surface area contributed by atoms with Gasteiger partial charge in [0.15, 0.2) is 0 Å². The van der Waals surface area contributed by atoms with Crippen LogP contribution in [0.15, 0.2) is 0 Å². The number of hydrogen-bond acceptors (Lipinski definition) is 0. The standard InChI is InChI=1S/C22H34Cl12Si4/c1-7-9-11-17-18(12-10-8-2)20(14(4)36(26,27)28)22(16(6)38(32,33)34)21(15(5)37(29,30)31)19(17)13(3)35(23,24)25/h13-16H,7-12H2,1-6H3. The molecule has 0 bridgehead atoms. The fourth-order valence-corrected chi connectivity index (χ4v) is 11.3. The van der Waals surface area contributed by atoms with Crippen LogP contribution in [-0.4, -0.2) is 24.0 Å². The maximum Gasteiger partial charge on any atom is 0.348 e. The maximum absolute atomic E-state index is 6.73. The van der Waals surface area contributed by atoms with E-state index in [0.717, 1.165) is 71.9 Å². The van der Waals surface area contributed by atoms with Gasteiger partial charge >= 0.3 is 24.0 Å². The Balaban J connectivity index is 4.71. The molecule has 0 aliphatic carbocycles. The molecule has 0 saturated heterocycles. The molecule has 0 aliphatic rings. The molecule has 0 nitrogen and oxygen atoms in total. The molecule has 0 radical (unpaired) electrons. The van der Waals surface area contributed by atoms with Crippen LogP contribution in [0.25, 0.3) is 0 Å². The van der Waals surface area contributed by atoms with Crippen LogP contribution in [0.2, 0.25) is 0 Å². The van der Waals surface area contributed by atoms with Crippen LogP contribution in [0.4, 0.5) is 0 Å². The van der Waals surface area contributed by atoms with Crippen molar-refractivity contribution in [2.24, 2.45) is 0 Å². The summed E-state index contributed by atoms with van der Waals surface area (Å²) in [6, 6.07) is -13.3. The summed E-state index contributed by atoms with van der Waals surface area (Å²) in [6.45, 7) is 12.0. The lowest BCUT2D eigenvalue weighted by atomic mass is 9.79. The van der Waals surface area contributed by atoms with Crippen molar-refractivity contribution in [2.45, 2.75) is 102 Å². The molecule has 0 heterocycles. The zero-order chi connectivity index (χ0) is 30.0. The fraction of sp³-hybridized carbons (Fsp3) is 0.727. The highest BCUT2D eigenvalue weighted by Crippen LogP contribution is 2.54. The first-order valence-corrected chi connectivity index (χ1v) is 33.0. The lowest BCUT2D eigenvalue weighted by Crippen LogP contribution is -2.35. The summed E-state index contributed by atoms with van der Waals surface area (Å²) in [5.41, 5.74) is 3.82. The highest BCUT2D eigenvalue weighted by Gasteiger charge is 2.49. The largest absolute Gasteiger partial charge is 0.348 e. The molecule has 4 atom stereocenters. The average molecular weight is 836 g/mol. The molecule has 1 aromatic carbocycles. The second kappa shape index (κ2) is 15.7. The van der Waals surface area contributed by atoms with Crippen LogP contribution in [0.3, 0.4) is 0 Å². The predicted octanol–water partition coefficient (Wildman–Crippen LogP) is 13.6. The molecule has 0 spiro atoms. The molecule has 4 unspecified atom stereocenters. The fourth-order valence-electron chi connectivity index (χ4n) is 4.80. The van der Waals surface area contributed by atoms with Gasteiger partial charge in [-0.2, -0.15) is 0 Å². The molecule has 0 fully saturated rings. The van der Waals surface area contributed by atoms with Crippen molar-refractivity contribution in [3.63, 3.8) is 0 Å². The van der Waals surface area contributed by atoms with Crippen LogP contribution in [0, 0.1) is 0 Å². The Morgan fingerprint density at radius 2 is 0.632 bits per heavy atom. The second-order valence-electron chi connectivity index (χ2n) is 9.87. The molecule has 16 heteroatoms. The summed E-state index contributed by atoms with van der Waals surface area (Å²) in [5, 5.41) is 0. The minimum absolute atomic E-state index is 0.407. The van der Waals surface area contributed by atoms with Gasteiger partial charge in [-0.1, -0.05) is 54.4 Å². The maximum atomic E-state index is 6.73. The monoisotopic (exact) mass is 830 g/mol. The topological polar surface area (TPSA) is 0 Å². The molecule has 0 aromatic heterocycles. The van der Waals surface area contributed by atoms with Gasteiger partial charge in [-0.25, -0.2) is 0 Å². The first-order valence-electron chi connectivity index (χ1n) is 12.5. The molecular weight excluding hydrogens is 802 g/mol. The molecule has 0 aliphatic heterocycles. The number of halogens is 12. The lowest BCUT2D eigenvalue weighted by molar-refractivity contribution is 0.728. The zero-order valence-electron chi connectivity index (χ0n) is 22.1. The molecule has 1 aromatic rings. The van der Waals surface area contributed by atoms with Crippen molar-refractivity contribution in [1.82, 2.24) is 0 Å². The van der Waals surface area contributed by atoms with Crippen molar-refractivity contribution < 1.29 is 0 Å². The van der Waals surface area contributed by atoms with Crippen molar-refractivity contribution in [3.05, 3.63) is 33.4 Å². The minimum Gasteiger partial charge on any atom is -0.125 e. The van der Waals surface area contributed by atoms with Crippen LogP contribution in [-0.2, 0) is 12.8 Å². The molecular formula is C22H34Cl12Si4. The molecule has 0 amide bonds. The van der Waals surface area contributed by atoms with Crippen molar-refractivity contribution in [3.8, 4) is 0 Å². The quantitative estimate of drug-likeness (QED) is 0.129. The number of rotatable bonds is 14. The van der Waals surface area contributed by atoms with E-state index in [1.165, 1.54) is 0 Å². The highest BCUT2D eigenvalue weighted by molar-refractivity contribution is 7.66. The summed E-state index contributed by atoms with van der Waals surface area (Å²) in [7, 11) is 0. The Morgan fingerprint density at radius 3 is 0.816 bits per heavy atom. The smallest absolute Gasteiger partial charge is 0.125 e. The van der Waals surface area contributed by atoms with Gasteiger partial charge in [0.05, 0.1) is 0 Å². The van der Waals surface area contributed by atoms with Crippen LogP contribution in [0.5, 0.6) is 0 Å². The Morgan fingerprint density at radius 1 is 0.421 bits per heavy atom. The van der Waals surface area contributed by atoms with Crippen LogP contribution in [0.1, 0.15) is 123 Å². The molecule has 0 saturated carbocycles. The molecule has 38 heavy (non-hydrogen) atoms. The van der Waals surface area contributed by atoms with Crippen LogP contribution < -0.4 is 0 Å². The minimum atomic E-state index is -3.37. The summed E-state index contributed by atoms with van der Waals surface area (Å²) in [5.74, 6) is 0. The van der Waals surface area contributed by atoms with Crippen molar-refractivity contribution >= 4 is 157 Å². The van der Waals surface area contributed by atoms with Gasteiger partial charge in [0.1, 0.15) is 0 Å². The number of unbranched alkanes of at least 4 members (excludes halogenated alkanes) is 2. The van der Waals surface area contributed by atoms with Gasteiger partial charge in [-0.15, -0.1) is 133 Å². The van der Waals surface area contributed by atoms with E-state index in [-0.39, 0.29) is 0 Å². The summed E-state index contributed by atoms with van der Waals surface area (Å²) < 4.78 is 0. The van der Waals surface area contributed by atoms with Gasteiger partial charge in [0, 0.05) is 22.2 Å². The van der Waals surface area contributed by atoms with Gasteiger partial charge in [0.2, 0.25) is 0 Å². The SMILES string of the molecule is CCCCc1c(CCCC)c(C(C)[Si](Cl)(Cl)Cl)c(C(C)[Si](Cl)(Cl)Cl)c(C(C)[Si](Cl)(Cl)Cl)c1C(C)[Si](Cl)(Cl)Cl. The average Bonchev–Trinajstić information content (AvgIpc) is 2.75.